The van der Waals surface area contributed by atoms with Crippen LogP contribution in [0, 0.1) is 17.3 Å². The van der Waals surface area contributed by atoms with E-state index in [1.807, 2.05) is 6.92 Å². The number of carbonyl (C=O) groups is 1. The Kier molecular flexibility index (Phi) is 3.58. The molecule has 5 unspecified atom stereocenters. The summed E-state index contributed by atoms with van der Waals surface area (Å²) >= 11 is 0. The smallest absolute Gasteiger partial charge is 0.331 e. The van der Waals surface area contributed by atoms with Crippen molar-refractivity contribution >= 4 is 5.97 Å². The molecule has 2 aliphatic rings. The fourth-order valence-electron chi connectivity index (χ4n) is 3.81. The summed E-state index contributed by atoms with van der Waals surface area (Å²) in [6, 6.07) is 0. The number of carboxylic acids is 1. The molecular formula is C15H22O4. The fraction of sp³-hybridized carbons (Fsp3) is 0.667. The van der Waals surface area contributed by atoms with E-state index in [1.54, 1.807) is 0 Å². The zero-order chi connectivity index (χ0) is 14.4. The molecule has 19 heavy (non-hydrogen) atoms. The van der Waals surface area contributed by atoms with Crippen LogP contribution in [-0.2, 0) is 4.79 Å². The lowest BCUT2D eigenvalue weighted by Gasteiger charge is -2.53. The lowest BCUT2D eigenvalue weighted by Crippen LogP contribution is -2.56. The molecule has 0 saturated heterocycles. The number of aliphatic carboxylic acids is 1. The van der Waals surface area contributed by atoms with Crippen molar-refractivity contribution in [3.05, 3.63) is 24.3 Å². The van der Waals surface area contributed by atoms with Crippen LogP contribution < -0.4 is 0 Å². The molecule has 106 valence electrons. The van der Waals surface area contributed by atoms with E-state index < -0.39 is 29.5 Å². The first-order valence-corrected chi connectivity index (χ1v) is 6.75. The monoisotopic (exact) mass is 266 g/mol. The fourth-order valence-corrected chi connectivity index (χ4v) is 3.81. The lowest BCUT2D eigenvalue weighted by molar-refractivity contribution is -0.147. The molecule has 2 fully saturated rings. The van der Waals surface area contributed by atoms with Crippen molar-refractivity contribution < 1.29 is 20.1 Å². The minimum atomic E-state index is -1.11. The number of fused-ring (bicyclic) bond motifs is 1. The van der Waals surface area contributed by atoms with Crippen molar-refractivity contribution in [3.63, 3.8) is 0 Å². The maximum Gasteiger partial charge on any atom is 0.331 e. The van der Waals surface area contributed by atoms with Gasteiger partial charge in [0.15, 0.2) is 0 Å². The van der Waals surface area contributed by atoms with E-state index in [0.717, 1.165) is 24.8 Å². The van der Waals surface area contributed by atoms with Crippen molar-refractivity contribution in [1.29, 1.82) is 0 Å². The first-order chi connectivity index (χ1) is 8.79. The number of hydrogen-bond donors (Lipinski definition) is 3. The molecule has 2 rings (SSSR count). The van der Waals surface area contributed by atoms with E-state index in [1.165, 1.54) is 0 Å². The molecule has 5 atom stereocenters. The summed E-state index contributed by atoms with van der Waals surface area (Å²) in [6.07, 6.45) is 1.23. The van der Waals surface area contributed by atoms with Crippen LogP contribution in [0.4, 0.5) is 0 Å². The SMILES string of the molecule is C=C(C(=O)O)C1CC2C(=C)CCCC2(C)C(O)C1O. The molecule has 0 spiro atoms. The first kappa shape index (κ1) is 14.3. The van der Waals surface area contributed by atoms with Gasteiger partial charge in [-0.1, -0.05) is 25.7 Å². The molecule has 4 heteroatoms. The van der Waals surface area contributed by atoms with Gasteiger partial charge in [0.05, 0.1) is 12.2 Å². The second-order valence-electron chi connectivity index (χ2n) is 6.18. The Labute approximate surface area is 113 Å². The van der Waals surface area contributed by atoms with E-state index in [0.29, 0.717) is 6.42 Å². The van der Waals surface area contributed by atoms with Crippen molar-refractivity contribution in [2.24, 2.45) is 17.3 Å². The van der Waals surface area contributed by atoms with Gasteiger partial charge in [0.25, 0.3) is 0 Å². The highest BCUT2D eigenvalue weighted by atomic mass is 16.4. The van der Waals surface area contributed by atoms with Gasteiger partial charge in [-0.25, -0.2) is 4.79 Å². The van der Waals surface area contributed by atoms with E-state index in [-0.39, 0.29) is 11.5 Å². The van der Waals surface area contributed by atoms with Crippen LogP contribution in [0.5, 0.6) is 0 Å². The molecular weight excluding hydrogens is 244 g/mol. The maximum atomic E-state index is 11.1. The van der Waals surface area contributed by atoms with Crippen LogP contribution in [0.25, 0.3) is 0 Å². The van der Waals surface area contributed by atoms with Crippen LogP contribution in [0.15, 0.2) is 24.3 Å². The summed E-state index contributed by atoms with van der Waals surface area (Å²) in [5, 5.41) is 29.7. The van der Waals surface area contributed by atoms with Gasteiger partial charge >= 0.3 is 5.97 Å². The third-order valence-electron chi connectivity index (χ3n) is 5.13. The third kappa shape index (κ3) is 2.13. The van der Waals surface area contributed by atoms with E-state index >= 15 is 0 Å². The normalized spacial score (nSPS) is 42.6. The van der Waals surface area contributed by atoms with Crippen LogP contribution >= 0.6 is 0 Å². The van der Waals surface area contributed by atoms with Gasteiger partial charge in [-0.3, -0.25) is 0 Å². The average molecular weight is 266 g/mol. The molecule has 0 aromatic rings. The Morgan fingerprint density at radius 1 is 1.42 bits per heavy atom. The van der Waals surface area contributed by atoms with Crippen LogP contribution in [0.3, 0.4) is 0 Å². The summed E-state index contributed by atoms with van der Waals surface area (Å²) < 4.78 is 0. The van der Waals surface area contributed by atoms with Crippen molar-refractivity contribution in [2.45, 2.75) is 44.8 Å². The van der Waals surface area contributed by atoms with Gasteiger partial charge in [0.1, 0.15) is 0 Å². The summed E-state index contributed by atoms with van der Waals surface area (Å²) in [4.78, 5) is 11.1. The zero-order valence-electron chi connectivity index (χ0n) is 11.3. The lowest BCUT2D eigenvalue weighted by atomic mass is 9.54. The molecule has 0 heterocycles. The highest BCUT2D eigenvalue weighted by Gasteiger charge is 2.53. The molecule has 0 bridgehead atoms. The molecule has 0 aromatic carbocycles. The predicted octanol–water partition coefficient (Wildman–Crippen LogP) is 1.73. The standard InChI is InChI=1S/C15H22O4/c1-8-5-4-6-15(3)11(8)7-10(9(2)14(18)19)12(16)13(15)17/h10-13,16-17H,1-2,4-7H2,3H3,(H,18,19). The van der Waals surface area contributed by atoms with Crippen LogP contribution in [-0.4, -0.2) is 33.5 Å². The number of carboxylic acid groups (broad SMARTS) is 1. The molecule has 4 nitrogen and oxygen atoms in total. The predicted molar refractivity (Wildman–Crippen MR) is 71.5 cm³/mol. The second kappa shape index (κ2) is 4.76. The van der Waals surface area contributed by atoms with Gasteiger partial charge < -0.3 is 15.3 Å². The van der Waals surface area contributed by atoms with E-state index in [4.69, 9.17) is 5.11 Å². The second-order valence-corrected chi connectivity index (χ2v) is 6.18. The topological polar surface area (TPSA) is 77.8 Å². The third-order valence-corrected chi connectivity index (χ3v) is 5.13. The summed E-state index contributed by atoms with van der Waals surface area (Å²) in [5.74, 6) is -1.65. The van der Waals surface area contributed by atoms with E-state index in [2.05, 4.69) is 13.2 Å². The molecule has 0 radical (unpaired) electrons. The number of rotatable bonds is 2. The molecule has 3 N–H and O–H groups in total. The summed E-state index contributed by atoms with van der Waals surface area (Å²) in [5.41, 5.74) is 0.638. The highest BCUT2D eigenvalue weighted by Crippen LogP contribution is 2.54. The van der Waals surface area contributed by atoms with Crippen molar-refractivity contribution in [3.8, 4) is 0 Å². The molecule has 2 aliphatic carbocycles. The number of aliphatic hydroxyl groups is 2. The first-order valence-electron chi connectivity index (χ1n) is 6.75. The molecule has 0 amide bonds. The van der Waals surface area contributed by atoms with Crippen molar-refractivity contribution in [2.75, 3.05) is 0 Å². The maximum absolute atomic E-state index is 11.1. The Hall–Kier alpha value is -1.13. The Morgan fingerprint density at radius 2 is 2.05 bits per heavy atom. The van der Waals surface area contributed by atoms with Gasteiger partial charge in [0, 0.05) is 16.9 Å². The van der Waals surface area contributed by atoms with Crippen molar-refractivity contribution in [1.82, 2.24) is 0 Å². The summed E-state index contributed by atoms with van der Waals surface area (Å²) in [6.45, 7) is 9.59. The van der Waals surface area contributed by atoms with Gasteiger partial charge in [-0.05, 0) is 31.6 Å². The molecule has 0 aliphatic heterocycles. The minimum Gasteiger partial charge on any atom is -0.478 e. The van der Waals surface area contributed by atoms with Gasteiger partial charge in [-0.2, -0.15) is 0 Å². The Balaban J connectivity index is 2.32. The number of allylic oxidation sites excluding steroid dienone is 1. The van der Waals surface area contributed by atoms with Crippen LogP contribution in [0.1, 0.15) is 32.6 Å². The quantitative estimate of drug-likeness (QED) is 0.525. The Morgan fingerprint density at radius 3 is 2.63 bits per heavy atom. The molecule has 0 aromatic heterocycles. The average Bonchev–Trinajstić information content (AvgIpc) is 2.35. The number of aliphatic hydroxyl groups excluding tert-OH is 2. The zero-order valence-corrected chi connectivity index (χ0v) is 11.3. The summed E-state index contributed by atoms with van der Waals surface area (Å²) in [7, 11) is 0. The number of hydrogen-bond acceptors (Lipinski definition) is 3. The van der Waals surface area contributed by atoms with Crippen LogP contribution in [0.2, 0.25) is 0 Å². The largest absolute Gasteiger partial charge is 0.478 e. The molecule has 2 saturated carbocycles. The van der Waals surface area contributed by atoms with Gasteiger partial charge in [0.2, 0.25) is 0 Å². The highest BCUT2D eigenvalue weighted by molar-refractivity contribution is 5.86. The Bertz CT molecular complexity index is 428. The van der Waals surface area contributed by atoms with Gasteiger partial charge in [-0.15, -0.1) is 0 Å². The van der Waals surface area contributed by atoms with E-state index in [9.17, 15) is 15.0 Å². The minimum absolute atomic E-state index is 0.0213.